The molecule has 1 aromatic carbocycles. The number of amides is 1. The van der Waals surface area contributed by atoms with Crippen LogP contribution in [0.1, 0.15) is 63.2 Å². The number of nitrogens with one attached hydrogen (secondary N) is 1. The van der Waals surface area contributed by atoms with Crippen LogP contribution < -0.4 is 5.32 Å². The predicted octanol–water partition coefficient (Wildman–Crippen LogP) is 3.08. The molecule has 2 rings (SSSR count). The Balaban J connectivity index is 1.88. The largest absolute Gasteiger partial charge is 0.387 e. The lowest BCUT2D eigenvalue weighted by Gasteiger charge is -2.33. The molecule has 0 spiro atoms. The summed E-state index contributed by atoms with van der Waals surface area (Å²) in [6, 6.07) is 8.24. The Morgan fingerprint density at radius 1 is 1.29 bits per heavy atom. The van der Waals surface area contributed by atoms with Gasteiger partial charge in [-0.2, -0.15) is 0 Å². The minimum absolute atomic E-state index is 0.0563. The number of β-amino-alcohol motifs (C(OH)–C–C–N with tert-alkyl or cyclic N) is 1. The first-order valence-corrected chi connectivity index (χ1v) is 9.29. The Bertz CT molecular complexity index is 513. The van der Waals surface area contributed by atoms with E-state index < -0.39 is 6.10 Å². The third-order valence-electron chi connectivity index (χ3n) is 4.84. The van der Waals surface area contributed by atoms with Crippen molar-refractivity contribution < 1.29 is 9.90 Å². The van der Waals surface area contributed by atoms with Crippen LogP contribution in [0.5, 0.6) is 0 Å². The van der Waals surface area contributed by atoms with E-state index in [1.165, 1.54) is 5.56 Å². The van der Waals surface area contributed by atoms with E-state index in [2.05, 4.69) is 43.1 Å². The maximum Gasteiger partial charge on any atom is 0.224 e. The van der Waals surface area contributed by atoms with E-state index >= 15 is 0 Å². The summed E-state index contributed by atoms with van der Waals surface area (Å²) in [5.41, 5.74) is 2.24. The van der Waals surface area contributed by atoms with E-state index in [9.17, 15) is 9.90 Å². The summed E-state index contributed by atoms with van der Waals surface area (Å²) in [5, 5.41) is 13.5. The third kappa shape index (κ3) is 5.32. The first-order valence-electron chi connectivity index (χ1n) is 9.29. The van der Waals surface area contributed by atoms with Gasteiger partial charge in [-0.15, -0.1) is 0 Å². The molecular formula is C20H32N2O2. The number of aliphatic hydroxyl groups excluding tert-OH is 1. The average molecular weight is 332 g/mol. The molecule has 2 N–H and O–H groups in total. The van der Waals surface area contributed by atoms with Gasteiger partial charge in [-0.25, -0.2) is 0 Å². The van der Waals surface area contributed by atoms with Crippen molar-refractivity contribution >= 4 is 5.91 Å². The Hall–Kier alpha value is -1.39. The van der Waals surface area contributed by atoms with Gasteiger partial charge in [0.15, 0.2) is 0 Å². The molecule has 0 unspecified atom stereocenters. The van der Waals surface area contributed by atoms with Gasteiger partial charge in [0.1, 0.15) is 0 Å². The molecule has 1 heterocycles. The van der Waals surface area contributed by atoms with E-state index in [-0.39, 0.29) is 11.8 Å². The highest BCUT2D eigenvalue weighted by molar-refractivity contribution is 5.78. The summed E-state index contributed by atoms with van der Waals surface area (Å²) >= 11 is 0. The van der Waals surface area contributed by atoms with Crippen LogP contribution in [0.2, 0.25) is 0 Å². The number of piperidine rings is 1. The molecule has 1 amide bonds. The summed E-state index contributed by atoms with van der Waals surface area (Å²) in [5.74, 6) is 0.721. The van der Waals surface area contributed by atoms with Crippen molar-refractivity contribution in [2.75, 3.05) is 26.2 Å². The molecule has 2 atom stereocenters. The van der Waals surface area contributed by atoms with Crippen LogP contribution in [0, 0.1) is 5.92 Å². The van der Waals surface area contributed by atoms with Gasteiger partial charge in [-0.05, 0) is 42.9 Å². The molecule has 134 valence electrons. The van der Waals surface area contributed by atoms with Crippen LogP contribution in [-0.4, -0.2) is 42.1 Å². The molecule has 0 aromatic heterocycles. The van der Waals surface area contributed by atoms with Crippen LogP contribution in [0.3, 0.4) is 0 Å². The van der Waals surface area contributed by atoms with E-state index in [1.807, 2.05) is 12.1 Å². The lowest BCUT2D eigenvalue weighted by molar-refractivity contribution is -0.126. The highest BCUT2D eigenvalue weighted by Gasteiger charge is 2.26. The molecule has 1 saturated heterocycles. The van der Waals surface area contributed by atoms with Gasteiger partial charge in [-0.3, -0.25) is 9.69 Å². The summed E-state index contributed by atoms with van der Waals surface area (Å²) in [7, 11) is 0. The monoisotopic (exact) mass is 332 g/mol. The smallest absolute Gasteiger partial charge is 0.224 e. The van der Waals surface area contributed by atoms with Crippen molar-refractivity contribution in [3.63, 3.8) is 0 Å². The molecule has 1 aliphatic rings. The van der Waals surface area contributed by atoms with E-state index in [1.54, 1.807) is 0 Å². The van der Waals surface area contributed by atoms with Gasteiger partial charge >= 0.3 is 0 Å². The molecular weight excluding hydrogens is 300 g/mol. The molecule has 0 saturated carbocycles. The normalized spacial score (nSPS) is 20.1. The van der Waals surface area contributed by atoms with Gasteiger partial charge in [0.05, 0.1) is 12.0 Å². The molecule has 1 aliphatic heterocycles. The quantitative estimate of drug-likeness (QED) is 0.807. The van der Waals surface area contributed by atoms with Gasteiger partial charge in [0.25, 0.3) is 0 Å². The minimum Gasteiger partial charge on any atom is -0.387 e. The van der Waals surface area contributed by atoms with Crippen molar-refractivity contribution in [1.82, 2.24) is 10.2 Å². The second-order valence-corrected chi connectivity index (χ2v) is 7.23. The average Bonchev–Trinajstić information content (AvgIpc) is 2.60. The lowest BCUT2D eigenvalue weighted by Crippen LogP contribution is -2.44. The zero-order valence-corrected chi connectivity index (χ0v) is 15.3. The molecule has 24 heavy (non-hydrogen) atoms. The van der Waals surface area contributed by atoms with Gasteiger partial charge < -0.3 is 10.4 Å². The maximum atomic E-state index is 12.2. The highest BCUT2D eigenvalue weighted by atomic mass is 16.3. The second-order valence-electron chi connectivity index (χ2n) is 7.23. The number of nitrogens with zero attached hydrogens (tertiary/aromatic N) is 1. The van der Waals surface area contributed by atoms with Crippen molar-refractivity contribution in [1.29, 1.82) is 0 Å². The fourth-order valence-corrected chi connectivity index (χ4v) is 3.28. The van der Waals surface area contributed by atoms with Crippen LogP contribution in [0.4, 0.5) is 0 Å². The highest BCUT2D eigenvalue weighted by Crippen LogP contribution is 2.22. The Labute approximate surface area is 146 Å². The molecule has 1 fully saturated rings. The number of benzene rings is 1. The van der Waals surface area contributed by atoms with Gasteiger partial charge in [0, 0.05) is 19.6 Å². The number of hydrogen-bond donors (Lipinski definition) is 2. The Morgan fingerprint density at radius 2 is 1.96 bits per heavy atom. The fourth-order valence-electron chi connectivity index (χ4n) is 3.28. The van der Waals surface area contributed by atoms with Crippen LogP contribution in [-0.2, 0) is 4.79 Å². The Kier molecular flexibility index (Phi) is 7.25. The first-order chi connectivity index (χ1) is 11.5. The zero-order valence-electron chi connectivity index (χ0n) is 15.3. The predicted molar refractivity (Wildman–Crippen MR) is 98.0 cm³/mol. The van der Waals surface area contributed by atoms with E-state index in [0.717, 1.165) is 44.5 Å². The lowest BCUT2D eigenvalue weighted by atomic mass is 9.96. The van der Waals surface area contributed by atoms with Crippen molar-refractivity contribution in [2.45, 2.75) is 52.1 Å². The molecule has 0 radical (unpaired) electrons. The topological polar surface area (TPSA) is 52.6 Å². The third-order valence-corrected chi connectivity index (χ3v) is 4.84. The second kappa shape index (κ2) is 9.19. The number of likely N-dealkylation sites (tertiary alicyclic amines) is 1. The molecule has 1 aromatic rings. The number of carbonyl (C=O) groups is 1. The molecule has 0 aliphatic carbocycles. The fraction of sp³-hybridized carbons (Fsp3) is 0.650. The van der Waals surface area contributed by atoms with Gasteiger partial charge in [-0.1, -0.05) is 45.0 Å². The number of hydrogen-bond acceptors (Lipinski definition) is 3. The summed E-state index contributed by atoms with van der Waals surface area (Å²) < 4.78 is 0. The molecule has 4 nitrogen and oxygen atoms in total. The maximum absolute atomic E-state index is 12.2. The van der Waals surface area contributed by atoms with Crippen molar-refractivity contribution in [3.05, 3.63) is 35.4 Å². The van der Waals surface area contributed by atoms with E-state index in [0.29, 0.717) is 12.5 Å². The van der Waals surface area contributed by atoms with Gasteiger partial charge in [0.2, 0.25) is 5.91 Å². The Morgan fingerprint density at radius 3 is 2.58 bits per heavy atom. The van der Waals surface area contributed by atoms with Crippen molar-refractivity contribution in [3.8, 4) is 0 Å². The summed E-state index contributed by atoms with van der Waals surface area (Å²) in [6.45, 7) is 9.45. The number of aliphatic hydroxyl groups is 1. The van der Waals surface area contributed by atoms with Crippen LogP contribution in [0.25, 0.3) is 0 Å². The standard InChI is InChI=1S/C20H32N2O2/c1-4-11-21-20(24)18-6-5-12-22(13-18)14-19(23)17-9-7-16(8-10-17)15(2)3/h7-10,15,18-19,23H,4-6,11-14H2,1-3H3,(H,21,24)/t18-,19-/m1/s1. The minimum atomic E-state index is -0.497. The zero-order chi connectivity index (χ0) is 17.5. The summed E-state index contributed by atoms with van der Waals surface area (Å²) in [4.78, 5) is 14.4. The number of carbonyl (C=O) groups excluding carboxylic acids is 1. The molecule has 4 heteroatoms. The van der Waals surface area contributed by atoms with Crippen molar-refractivity contribution in [2.24, 2.45) is 5.92 Å². The molecule has 0 bridgehead atoms. The van der Waals surface area contributed by atoms with Crippen LogP contribution >= 0.6 is 0 Å². The SMILES string of the molecule is CCCNC(=O)[C@@H]1CCCN(C[C@@H](O)c2ccc(C(C)C)cc2)C1. The van der Waals surface area contributed by atoms with Crippen LogP contribution in [0.15, 0.2) is 24.3 Å². The summed E-state index contributed by atoms with van der Waals surface area (Å²) in [6.07, 6.45) is 2.44. The number of rotatable bonds is 7. The first kappa shape index (κ1) is 18.9. The van der Waals surface area contributed by atoms with E-state index in [4.69, 9.17) is 0 Å².